The van der Waals surface area contributed by atoms with E-state index in [1.54, 1.807) is 36.4 Å². The molecule has 4 N–H and O–H groups in total. The largest absolute Gasteiger partial charge is 0.494 e. The number of benzene rings is 2. The van der Waals surface area contributed by atoms with Gasteiger partial charge >= 0.3 is 0 Å². The van der Waals surface area contributed by atoms with Gasteiger partial charge in [0, 0.05) is 67.9 Å². The molecule has 0 radical (unpaired) electrons. The van der Waals surface area contributed by atoms with Gasteiger partial charge in [-0.3, -0.25) is 39.0 Å². The number of amides is 6. The van der Waals surface area contributed by atoms with Gasteiger partial charge in [0.15, 0.2) is 11.6 Å². The molecule has 3 aliphatic heterocycles. The number of unbranched alkanes of at least 4 members (excludes halogenated alkanes) is 3. The predicted molar refractivity (Wildman–Crippen MR) is 236 cm³/mol. The molecule has 16 nitrogen and oxygen atoms in total. The first-order valence-electron chi connectivity index (χ1n) is 21.3. The molecule has 2 fully saturated rings. The van der Waals surface area contributed by atoms with Crippen molar-refractivity contribution in [1.82, 2.24) is 25.1 Å². The van der Waals surface area contributed by atoms with Crippen molar-refractivity contribution >= 4 is 81.2 Å². The van der Waals surface area contributed by atoms with Gasteiger partial charge in [-0.2, -0.15) is 4.98 Å². The van der Waals surface area contributed by atoms with Crippen LogP contribution in [0.4, 0.5) is 33.2 Å². The Hall–Kier alpha value is -6.69. The van der Waals surface area contributed by atoms with Crippen LogP contribution in [0.1, 0.15) is 99.5 Å². The van der Waals surface area contributed by atoms with Crippen LogP contribution in [0.2, 0.25) is 0 Å². The zero-order chi connectivity index (χ0) is 44.0. The molecular weight excluding hydrogens is 830 g/mol. The predicted octanol–water partition coefficient (Wildman–Crippen LogP) is 6.36. The Kier molecular flexibility index (Phi) is 13.1. The number of hydrogen-bond donors (Lipinski definition) is 4. The smallest absolute Gasteiger partial charge is 0.265 e. The number of piperidine rings is 1. The number of nitrogens with zero attached hydrogens (tertiary/aromatic N) is 5. The van der Waals surface area contributed by atoms with E-state index in [1.165, 1.54) is 24.0 Å². The maximum atomic E-state index is 15.0. The van der Waals surface area contributed by atoms with Crippen molar-refractivity contribution in [3.63, 3.8) is 0 Å². The SMILES string of the molecule is COc1cc(Nc2nc(N3CCN(C(=O)CCCCCCNc4cccc5c4C(=O)N(C4CCC(=O)NC4=O)C5=O)CC3)ncc2F)ccc1NC(=O)c1ccc(C2=CCCC2)s1. The standard InChI is InChI=1S/C45H48FN9O7S/c1-62-34-25-28(14-15-31(34)50-42(59)36-18-17-35(63-36)27-9-5-6-10-27)49-40-30(46)26-48-45(52-40)54-23-21-53(22-24-54)38(57)13-4-2-3-7-20-47-32-12-8-11-29-39(32)44(61)55(43(29)60)33-16-19-37(56)51-41(33)58/h8-9,11-12,14-15,17-18,25-26,33,47H,2-7,10,13,16,19-24H2,1H3,(H,50,59)(H,48,49,52)(H,51,56,58). The lowest BCUT2D eigenvalue weighted by Crippen LogP contribution is -2.54. The molecule has 1 aliphatic carbocycles. The molecule has 4 aromatic rings. The topological polar surface area (TPSA) is 195 Å². The quantitative estimate of drug-likeness (QED) is 0.0720. The molecule has 5 heterocycles. The summed E-state index contributed by atoms with van der Waals surface area (Å²) in [7, 11) is 1.50. The number of thiophene rings is 1. The molecule has 2 saturated heterocycles. The van der Waals surface area contributed by atoms with E-state index in [9.17, 15) is 33.2 Å². The number of carbonyl (C=O) groups excluding carboxylic acids is 6. The number of fused-ring (bicyclic) bond motifs is 1. The average molecular weight is 878 g/mol. The van der Waals surface area contributed by atoms with Crippen LogP contribution < -0.4 is 30.9 Å². The average Bonchev–Trinajstić information content (AvgIpc) is 4.06. The molecule has 0 bridgehead atoms. The number of imide groups is 2. The molecular formula is C45H48FN9O7S. The van der Waals surface area contributed by atoms with Crippen molar-refractivity contribution < 1.29 is 37.9 Å². The third-order valence-corrected chi connectivity index (χ3v) is 12.8. The first-order valence-corrected chi connectivity index (χ1v) is 22.1. The van der Waals surface area contributed by atoms with Crippen LogP contribution in [-0.4, -0.2) is 101 Å². The number of carbonyl (C=O) groups is 6. The van der Waals surface area contributed by atoms with E-state index < -0.39 is 35.5 Å². The molecule has 1 atom stereocenters. The molecule has 2 aromatic carbocycles. The Balaban J connectivity index is 0.760. The van der Waals surface area contributed by atoms with Crippen molar-refractivity contribution in [2.75, 3.05) is 60.7 Å². The van der Waals surface area contributed by atoms with Gasteiger partial charge in [-0.05, 0) is 80.5 Å². The second-order valence-electron chi connectivity index (χ2n) is 15.8. The van der Waals surface area contributed by atoms with Crippen LogP contribution in [0.15, 0.2) is 60.8 Å². The van der Waals surface area contributed by atoms with Crippen LogP contribution in [0, 0.1) is 5.82 Å². The van der Waals surface area contributed by atoms with Crippen LogP contribution in [-0.2, 0) is 14.4 Å². The van der Waals surface area contributed by atoms with Crippen LogP contribution in [0.25, 0.3) is 5.57 Å². The third kappa shape index (κ3) is 9.55. The summed E-state index contributed by atoms with van der Waals surface area (Å²) in [6.45, 7) is 2.47. The first-order chi connectivity index (χ1) is 30.6. The van der Waals surface area contributed by atoms with Crippen molar-refractivity contribution in [3.05, 3.63) is 87.5 Å². The summed E-state index contributed by atoms with van der Waals surface area (Å²) in [5.74, 6) is -2.28. The molecule has 4 aliphatic rings. The highest BCUT2D eigenvalue weighted by Crippen LogP contribution is 2.35. The Morgan fingerprint density at radius 2 is 1.78 bits per heavy atom. The van der Waals surface area contributed by atoms with E-state index in [0.717, 1.165) is 60.9 Å². The van der Waals surface area contributed by atoms with Gasteiger partial charge in [0.05, 0.1) is 35.0 Å². The summed E-state index contributed by atoms with van der Waals surface area (Å²) in [6, 6.07) is 12.8. The fourth-order valence-corrected chi connectivity index (χ4v) is 9.24. The summed E-state index contributed by atoms with van der Waals surface area (Å²) in [5.41, 5.74) is 3.23. The summed E-state index contributed by atoms with van der Waals surface area (Å²) in [5, 5.41) is 11.4. The van der Waals surface area contributed by atoms with Gasteiger partial charge in [0.25, 0.3) is 17.7 Å². The lowest BCUT2D eigenvalue weighted by Gasteiger charge is -2.35. The number of aromatic nitrogens is 2. The van der Waals surface area contributed by atoms with Crippen molar-refractivity contribution in [1.29, 1.82) is 0 Å². The number of allylic oxidation sites excluding steroid dienone is 2. The number of hydrogen-bond acceptors (Lipinski definition) is 13. The molecule has 63 heavy (non-hydrogen) atoms. The number of halogens is 1. The minimum absolute atomic E-state index is 0.0208. The van der Waals surface area contributed by atoms with E-state index in [1.807, 2.05) is 21.9 Å². The summed E-state index contributed by atoms with van der Waals surface area (Å²) < 4.78 is 20.6. The molecule has 1 unspecified atom stereocenters. The van der Waals surface area contributed by atoms with Gasteiger partial charge < -0.3 is 30.5 Å². The summed E-state index contributed by atoms with van der Waals surface area (Å²) >= 11 is 1.46. The lowest BCUT2D eigenvalue weighted by atomic mass is 10.0. The van der Waals surface area contributed by atoms with Gasteiger partial charge in [-0.15, -0.1) is 11.3 Å². The normalized spacial score (nSPS) is 17.4. The highest BCUT2D eigenvalue weighted by atomic mass is 32.1. The zero-order valence-electron chi connectivity index (χ0n) is 34.8. The van der Waals surface area contributed by atoms with Crippen LogP contribution >= 0.6 is 11.3 Å². The van der Waals surface area contributed by atoms with Crippen molar-refractivity contribution in [3.8, 4) is 5.75 Å². The molecule has 8 rings (SSSR count). The maximum absolute atomic E-state index is 15.0. The Morgan fingerprint density at radius 3 is 2.56 bits per heavy atom. The molecule has 2 aromatic heterocycles. The fourth-order valence-electron chi connectivity index (χ4n) is 8.27. The Bertz CT molecular complexity index is 2480. The number of nitrogens with one attached hydrogen (secondary N) is 4. The number of anilines is 5. The highest BCUT2D eigenvalue weighted by molar-refractivity contribution is 7.15. The van der Waals surface area contributed by atoms with Crippen molar-refractivity contribution in [2.24, 2.45) is 0 Å². The van der Waals surface area contributed by atoms with Gasteiger partial charge in [-0.25, -0.2) is 9.37 Å². The number of rotatable bonds is 16. The third-order valence-electron chi connectivity index (χ3n) is 11.6. The fraction of sp³-hybridized carbons (Fsp3) is 0.378. The van der Waals surface area contributed by atoms with Crippen LogP contribution in [0.3, 0.4) is 0 Å². The summed E-state index contributed by atoms with van der Waals surface area (Å²) in [4.78, 5) is 91.7. The van der Waals surface area contributed by atoms with Gasteiger partial charge in [-0.1, -0.05) is 25.0 Å². The minimum Gasteiger partial charge on any atom is -0.494 e. The molecule has 0 spiro atoms. The molecule has 328 valence electrons. The minimum atomic E-state index is -1.02. The van der Waals surface area contributed by atoms with E-state index >= 15 is 0 Å². The van der Waals surface area contributed by atoms with E-state index in [-0.39, 0.29) is 41.6 Å². The van der Waals surface area contributed by atoms with Gasteiger partial charge in [0.2, 0.25) is 23.7 Å². The van der Waals surface area contributed by atoms with Crippen LogP contribution in [0.5, 0.6) is 5.75 Å². The zero-order valence-corrected chi connectivity index (χ0v) is 35.7. The first kappa shape index (κ1) is 43.0. The number of ether oxygens (including phenoxy) is 1. The monoisotopic (exact) mass is 877 g/mol. The molecule has 6 amide bonds. The van der Waals surface area contributed by atoms with E-state index in [2.05, 4.69) is 37.3 Å². The Morgan fingerprint density at radius 1 is 0.952 bits per heavy atom. The number of methoxy groups -OCH3 is 1. The van der Waals surface area contributed by atoms with E-state index in [0.29, 0.717) is 72.8 Å². The molecule has 0 saturated carbocycles. The lowest BCUT2D eigenvalue weighted by molar-refractivity contribution is -0.136. The van der Waals surface area contributed by atoms with Gasteiger partial charge in [0.1, 0.15) is 11.8 Å². The second kappa shape index (κ2) is 19.1. The highest BCUT2D eigenvalue weighted by Gasteiger charge is 2.45. The second-order valence-corrected chi connectivity index (χ2v) is 16.9. The Labute approximate surface area is 367 Å². The van der Waals surface area contributed by atoms with Crippen molar-refractivity contribution in [2.45, 2.75) is 70.3 Å². The summed E-state index contributed by atoms with van der Waals surface area (Å²) in [6.07, 6.45) is 10.3. The molecule has 18 heteroatoms. The maximum Gasteiger partial charge on any atom is 0.265 e. The number of piperazine rings is 1. The van der Waals surface area contributed by atoms with E-state index in [4.69, 9.17) is 4.74 Å².